The molecule has 0 amide bonds. The maximum absolute atomic E-state index is 10.0. The first-order valence-electron chi connectivity index (χ1n) is 4.56. The lowest BCUT2D eigenvalue weighted by atomic mass is 10.2. The number of ether oxygens (including phenoxy) is 1. The fourth-order valence-corrected chi connectivity index (χ4v) is 2.38. The fraction of sp³-hybridized carbons (Fsp3) is 0.0909. The fourth-order valence-electron chi connectivity index (χ4n) is 1.25. The minimum absolute atomic E-state index is 0.199. The molecule has 0 radical (unpaired) electrons. The number of aromatic nitrogens is 1. The van der Waals surface area contributed by atoms with Crippen LogP contribution in [-0.4, -0.2) is 11.5 Å². The average Bonchev–Trinajstić information content (AvgIpc) is 2.75. The van der Waals surface area contributed by atoms with Gasteiger partial charge in [-0.2, -0.15) is 0 Å². The molecule has 0 bridgehead atoms. The van der Waals surface area contributed by atoms with Gasteiger partial charge >= 0.3 is 0 Å². The van der Waals surface area contributed by atoms with Crippen molar-refractivity contribution in [2.24, 2.45) is 0 Å². The second kappa shape index (κ2) is 5.09. The standard InChI is InChI=1S/C11H8ClNO2S/c12-10-4-2-1-3-9(10)11-13-8(6-16-11)5-15-7-14/h1-4,6-7H,5H2. The molecule has 0 aliphatic rings. The second-order valence-electron chi connectivity index (χ2n) is 3.03. The lowest BCUT2D eigenvalue weighted by Gasteiger charge is -1.98. The Kier molecular flexibility index (Phi) is 3.54. The number of rotatable bonds is 4. The molecule has 5 heteroatoms. The molecule has 0 N–H and O–H groups in total. The number of carbonyl (C=O) groups is 1. The molecule has 0 aliphatic carbocycles. The third-order valence-corrected chi connectivity index (χ3v) is 3.21. The monoisotopic (exact) mass is 253 g/mol. The highest BCUT2D eigenvalue weighted by Gasteiger charge is 2.07. The Labute approximate surface area is 102 Å². The van der Waals surface area contributed by atoms with Gasteiger partial charge in [0.05, 0.1) is 10.7 Å². The number of thiazole rings is 1. The van der Waals surface area contributed by atoms with Gasteiger partial charge in [0.25, 0.3) is 6.47 Å². The molecule has 0 unspecified atom stereocenters. The van der Waals surface area contributed by atoms with Gasteiger partial charge in [-0.05, 0) is 6.07 Å². The Morgan fingerprint density at radius 1 is 1.44 bits per heavy atom. The van der Waals surface area contributed by atoms with Crippen LogP contribution in [-0.2, 0) is 16.1 Å². The van der Waals surface area contributed by atoms with Crippen molar-refractivity contribution in [3.63, 3.8) is 0 Å². The van der Waals surface area contributed by atoms with Crippen LogP contribution in [0.1, 0.15) is 5.69 Å². The minimum Gasteiger partial charge on any atom is -0.461 e. The summed E-state index contributed by atoms with van der Waals surface area (Å²) in [5.41, 5.74) is 1.62. The summed E-state index contributed by atoms with van der Waals surface area (Å²) in [5.74, 6) is 0. The molecule has 3 nitrogen and oxygen atoms in total. The number of hydrogen-bond donors (Lipinski definition) is 0. The molecule has 82 valence electrons. The molecule has 16 heavy (non-hydrogen) atoms. The number of halogens is 1. The Morgan fingerprint density at radius 2 is 2.25 bits per heavy atom. The molecular weight excluding hydrogens is 246 g/mol. The summed E-state index contributed by atoms with van der Waals surface area (Å²) in [6, 6.07) is 7.51. The van der Waals surface area contributed by atoms with E-state index in [0.29, 0.717) is 11.5 Å². The Balaban J connectivity index is 2.25. The summed E-state index contributed by atoms with van der Waals surface area (Å²) in [6.07, 6.45) is 0. The Bertz CT molecular complexity index is 498. The van der Waals surface area contributed by atoms with Gasteiger partial charge in [-0.15, -0.1) is 11.3 Å². The van der Waals surface area contributed by atoms with E-state index in [4.69, 9.17) is 11.6 Å². The third kappa shape index (κ3) is 2.40. The zero-order valence-corrected chi connectivity index (χ0v) is 9.79. The topological polar surface area (TPSA) is 39.2 Å². The molecule has 1 aromatic carbocycles. The van der Waals surface area contributed by atoms with Gasteiger partial charge in [0, 0.05) is 10.9 Å². The Morgan fingerprint density at radius 3 is 3.00 bits per heavy atom. The van der Waals surface area contributed by atoms with Gasteiger partial charge in [0.2, 0.25) is 0 Å². The van der Waals surface area contributed by atoms with Crippen molar-refractivity contribution in [2.45, 2.75) is 6.61 Å². The van der Waals surface area contributed by atoms with E-state index in [1.807, 2.05) is 29.6 Å². The zero-order chi connectivity index (χ0) is 11.4. The summed E-state index contributed by atoms with van der Waals surface area (Å²) < 4.78 is 4.63. The molecule has 1 aromatic heterocycles. The lowest BCUT2D eigenvalue weighted by molar-refractivity contribution is -0.129. The van der Waals surface area contributed by atoms with Gasteiger partial charge in [-0.25, -0.2) is 4.98 Å². The first kappa shape index (κ1) is 11.1. The molecule has 0 aliphatic heterocycles. The highest BCUT2D eigenvalue weighted by Crippen LogP contribution is 2.30. The molecule has 1 heterocycles. The largest absolute Gasteiger partial charge is 0.461 e. The minimum atomic E-state index is 0.199. The average molecular weight is 254 g/mol. The molecule has 2 rings (SSSR count). The van der Waals surface area contributed by atoms with E-state index in [1.54, 1.807) is 0 Å². The molecule has 2 aromatic rings. The number of benzene rings is 1. The van der Waals surface area contributed by atoms with Gasteiger partial charge in [0.1, 0.15) is 11.6 Å². The molecule has 0 saturated heterocycles. The predicted octanol–water partition coefficient (Wildman–Crippen LogP) is 3.14. The summed E-state index contributed by atoms with van der Waals surface area (Å²) in [7, 11) is 0. The van der Waals surface area contributed by atoms with Crippen LogP contribution in [0.15, 0.2) is 29.6 Å². The first-order chi connectivity index (χ1) is 7.81. The van der Waals surface area contributed by atoms with Gasteiger partial charge < -0.3 is 4.74 Å². The molecule has 0 spiro atoms. The van der Waals surface area contributed by atoms with Crippen LogP contribution in [0.25, 0.3) is 10.6 Å². The second-order valence-corrected chi connectivity index (χ2v) is 4.30. The lowest BCUT2D eigenvalue weighted by Crippen LogP contribution is -1.90. The van der Waals surface area contributed by atoms with E-state index < -0.39 is 0 Å². The quantitative estimate of drug-likeness (QED) is 0.786. The number of hydrogen-bond acceptors (Lipinski definition) is 4. The molecular formula is C11H8ClNO2S. The zero-order valence-electron chi connectivity index (χ0n) is 8.22. The van der Waals surface area contributed by atoms with E-state index in [2.05, 4.69) is 9.72 Å². The maximum Gasteiger partial charge on any atom is 0.293 e. The van der Waals surface area contributed by atoms with Crippen molar-refractivity contribution in [3.05, 3.63) is 40.4 Å². The molecule has 0 saturated carbocycles. The van der Waals surface area contributed by atoms with Gasteiger partial charge in [-0.1, -0.05) is 29.8 Å². The van der Waals surface area contributed by atoms with Crippen molar-refractivity contribution in [1.29, 1.82) is 0 Å². The van der Waals surface area contributed by atoms with E-state index in [0.717, 1.165) is 16.3 Å². The van der Waals surface area contributed by atoms with Crippen LogP contribution in [0, 0.1) is 0 Å². The van der Waals surface area contributed by atoms with Crippen LogP contribution in [0.3, 0.4) is 0 Å². The first-order valence-corrected chi connectivity index (χ1v) is 5.81. The normalized spacial score (nSPS) is 10.1. The van der Waals surface area contributed by atoms with Crippen LogP contribution in [0.2, 0.25) is 5.02 Å². The van der Waals surface area contributed by atoms with E-state index >= 15 is 0 Å². The van der Waals surface area contributed by atoms with E-state index in [9.17, 15) is 4.79 Å². The van der Waals surface area contributed by atoms with Crippen molar-refractivity contribution < 1.29 is 9.53 Å². The summed E-state index contributed by atoms with van der Waals surface area (Å²) in [6.45, 7) is 0.610. The van der Waals surface area contributed by atoms with Gasteiger partial charge in [0.15, 0.2) is 0 Å². The number of carbonyl (C=O) groups excluding carboxylic acids is 1. The van der Waals surface area contributed by atoms with Crippen LogP contribution < -0.4 is 0 Å². The van der Waals surface area contributed by atoms with Gasteiger partial charge in [-0.3, -0.25) is 4.79 Å². The van der Waals surface area contributed by atoms with E-state index in [1.165, 1.54) is 11.3 Å². The molecule has 0 atom stereocenters. The van der Waals surface area contributed by atoms with Crippen molar-refractivity contribution in [3.8, 4) is 10.6 Å². The predicted molar refractivity (Wildman–Crippen MR) is 63.4 cm³/mol. The number of nitrogens with zero attached hydrogens (tertiary/aromatic N) is 1. The van der Waals surface area contributed by atoms with Crippen molar-refractivity contribution in [1.82, 2.24) is 4.98 Å². The van der Waals surface area contributed by atoms with Crippen molar-refractivity contribution >= 4 is 29.4 Å². The van der Waals surface area contributed by atoms with E-state index in [-0.39, 0.29) is 6.61 Å². The van der Waals surface area contributed by atoms with Crippen LogP contribution in [0.4, 0.5) is 0 Å². The van der Waals surface area contributed by atoms with Crippen LogP contribution in [0.5, 0.6) is 0 Å². The highest BCUT2D eigenvalue weighted by atomic mass is 35.5. The Hall–Kier alpha value is -1.39. The highest BCUT2D eigenvalue weighted by molar-refractivity contribution is 7.13. The maximum atomic E-state index is 10.0. The summed E-state index contributed by atoms with van der Waals surface area (Å²) in [5, 5.41) is 3.34. The van der Waals surface area contributed by atoms with Crippen LogP contribution >= 0.6 is 22.9 Å². The SMILES string of the molecule is O=COCc1csc(-c2ccccc2Cl)n1. The summed E-state index contributed by atoms with van der Waals surface area (Å²) in [4.78, 5) is 14.4. The van der Waals surface area contributed by atoms with Crippen molar-refractivity contribution in [2.75, 3.05) is 0 Å². The summed E-state index contributed by atoms with van der Waals surface area (Å²) >= 11 is 7.53. The molecule has 0 fully saturated rings. The third-order valence-electron chi connectivity index (χ3n) is 1.96. The smallest absolute Gasteiger partial charge is 0.293 e.